The maximum absolute atomic E-state index is 12.6. The number of alkyl halides is 3. The molecule has 0 fully saturated rings. The van der Waals surface area contributed by atoms with E-state index >= 15 is 0 Å². The van der Waals surface area contributed by atoms with Crippen LogP contribution in [0.4, 0.5) is 13.2 Å². The monoisotopic (exact) mass is 255 g/mol. The molecule has 0 aromatic carbocycles. The SMILES string of the molecule is C[C@@H]1CNCc2cc3cc(C(F)(F)F)cnc3n21. The molecule has 0 radical (unpaired) electrons. The Bertz CT molecular complexity index is 600. The molecule has 6 heteroatoms. The summed E-state index contributed by atoms with van der Waals surface area (Å²) in [5.74, 6) is 0. The second-order valence-electron chi connectivity index (χ2n) is 4.62. The van der Waals surface area contributed by atoms with Gasteiger partial charge in [-0.05, 0) is 19.1 Å². The van der Waals surface area contributed by atoms with Crippen molar-refractivity contribution >= 4 is 11.0 Å². The molecule has 1 N–H and O–H groups in total. The van der Waals surface area contributed by atoms with Crippen molar-refractivity contribution in [1.29, 1.82) is 0 Å². The van der Waals surface area contributed by atoms with Gasteiger partial charge in [0, 0.05) is 36.4 Å². The smallest absolute Gasteiger partial charge is 0.324 e. The van der Waals surface area contributed by atoms with E-state index in [4.69, 9.17) is 0 Å². The van der Waals surface area contributed by atoms with Crippen LogP contribution < -0.4 is 5.32 Å². The molecule has 0 saturated carbocycles. The zero-order chi connectivity index (χ0) is 12.9. The number of pyridine rings is 1. The molecule has 0 unspecified atom stereocenters. The summed E-state index contributed by atoms with van der Waals surface area (Å²) < 4.78 is 39.9. The lowest BCUT2D eigenvalue weighted by atomic mass is 10.2. The van der Waals surface area contributed by atoms with E-state index in [2.05, 4.69) is 10.3 Å². The predicted octanol–water partition coefficient (Wildman–Crippen LogP) is 2.72. The van der Waals surface area contributed by atoms with Gasteiger partial charge in [-0.1, -0.05) is 0 Å². The van der Waals surface area contributed by atoms with Crippen LogP contribution in [0.1, 0.15) is 24.2 Å². The van der Waals surface area contributed by atoms with Gasteiger partial charge in [0.25, 0.3) is 0 Å². The lowest BCUT2D eigenvalue weighted by Crippen LogP contribution is -2.31. The van der Waals surface area contributed by atoms with Gasteiger partial charge < -0.3 is 9.88 Å². The largest absolute Gasteiger partial charge is 0.417 e. The summed E-state index contributed by atoms with van der Waals surface area (Å²) >= 11 is 0. The summed E-state index contributed by atoms with van der Waals surface area (Å²) in [6.07, 6.45) is -3.43. The van der Waals surface area contributed by atoms with Gasteiger partial charge in [-0.2, -0.15) is 13.2 Å². The first-order chi connectivity index (χ1) is 8.47. The number of halogens is 3. The highest BCUT2D eigenvalue weighted by molar-refractivity contribution is 5.78. The molecule has 0 saturated heterocycles. The minimum atomic E-state index is -4.34. The Labute approximate surface area is 102 Å². The average Bonchev–Trinajstić information content (AvgIpc) is 2.66. The predicted molar refractivity (Wildman–Crippen MR) is 61.2 cm³/mol. The number of nitrogens with zero attached hydrogens (tertiary/aromatic N) is 2. The van der Waals surface area contributed by atoms with Crippen molar-refractivity contribution in [3.8, 4) is 0 Å². The molecule has 0 spiro atoms. The first-order valence-electron chi connectivity index (χ1n) is 5.74. The molecular weight excluding hydrogens is 243 g/mol. The third kappa shape index (κ3) is 1.68. The Kier molecular flexibility index (Phi) is 2.38. The topological polar surface area (TPSA) is 29.9 Å². The van der Waals surface area contributed by atoms with Crippen molar-refractivity contribution in [3.05, 3.63) is 29.6 Å². The number of nitrogens with one attached hydrogen (secondary N) is 1. The number of hydrogen-bond acceptors (Lipinski definition) is 2. The average molecular weight is 255 g/mol. The highest BCUT2D eigenvalue weighted by Crippen LogP contribution is 2.32. The molecule has 3 rings (SSSR count). The van der Waals surface area contributed by atoms with Crippen LogP contribution in [-0.4, -0.2) is 16.1 Å². The third-order valence-electron chi connectivity index (χ3n) is 3.27. The van der Waals surface area contributed by atoms with Crippen molar-refractivity contribution in [2.24, 2.45) is 0 Å². The van der Waals surface area contributed by atoms with Gasteiger partial charge >= 0.3 is 6.18 Å². The molecule has 3 heterocycles. The summed E-state index contributed by atoms with van der Waals surface area (Å²) in [6.45, 7) is 3.50. The highest BCUT2D eigenvalue weighted by atomic mass is 19.4. The fraction of sp³-hybridized carbons (Fsp3) is 0.417. The van der Waals surface area contributed by atoms with Crippen LogP contribution in [0.5, 0.6) is 0 Å². The summed E-state index contributed by atoms with van der Waals surface area (Å²) in [5, 5.41) is 3.78. The second-order valence-corrected chi connectivity index (χ2v) is 4.62. The van der Waals surface area contributed by atoms with E-state index < -0.39 is 11.7 Å². The Morgan fingerprint density at radius 1 is 1.39 bits per heavy atom. The van der Waals surface area contributed by atoms with Gasteiger partial charge in [-0.3, -0.25) is 0 Å². The van der Waals surface area contributed by atoms with Crippen LogP contribution in [0.3, 0.4) is 0 Å². The number of fused-ring (bicyclic) bond motifs is 3. The zero-order valence-corrected chi connectivity index (χ0v) is 9.75. The molecule has 3 nitrogen and oxygen atoms in total. The minimum Gasteiger partial charge on any atom is -0.324 e. The number of aromatic nitrogens is 2. The van der Waals surface area contributed by atoms with Gasteiger partial charge in [0.15, 0.2) is 0 Å². The minimum absolute atomic E-state index is 0.204. The van der Waals surface area contributed by atoms with Crippen molar-refractivity contribution in [1.82, 2.24) is 14.9 Å². The van der Waals surface area contributed by atoms with Gasteiger partial charge in [0.1, 0.15) is 5.65 Å². The van der Waals surface area contributed by atoms with Crippen LogP contribution in [0, 0.1) is 0 Å². The van der Waals surface area contributed by atoms with Gasteiger partial charge in [-0.25, -0.2) is 4.98 Å². The van der Waals surface area contributed by atoms with Crippen molar-refractivity contribution < 1.29 is 13.2 Å². The molecule has 1 aliphatic heterocycles. The first-order valence-corrected chi connectivity index (χ1v) is 5.74. The molecule has 0 bridgehead atoms. The van der Waals surface area contributed by atoms with E-state index in [0.717, 1.165) is 18.4 Å². The molecule has 0 aliphatic carbocycles. The fourth-order valence-electron chi connectivity index (χ4n) is 2.45. The van der Waals surface area contributed by atoms with Gasteiger partial charge in [0.05, 0.1) is 5.56 Å². The Morgan fingerprint density at radius 3 is 2.89 bits per heavy atom. The maximum Gasteiger partial charge on any atom is 0.417 e. The van der Waals surface area contributed by atoms with E-state index in [0.29, 0.717) is 17.6 Å². The van der Waals surface area contributed by atoms with Crippen molar-refractivity contribution in [2.45, 2.75) is 25.7 Å². The first kappa shape index (κ1) is 11.5. The standard InChI is InChI=1S/C12H12F3N3/c1-7-4-16-6-10-3-8-2-9(12(13,14)15)5-17-11(8)18(7)10/h2-3,5,7,16H,4,6H2,1H3/t7-/m1/s1. The van der Waals surface area contributed by atoms with Crippen LogP contribution in [0.25, 0.3) is 11.0 Å². The maximum atomic E-state index is 12.6. The third-order valence-corrected chi connectivity index (χ3v) is 3.27. The Morgan fingerprint density at radius 2 is 2.17 bits per heavy atom. The van der Waals surface area contributed by atoms with Crippen molar-refractivity contribution in [3.63, 3.8) is 0 Å². The second kappa shape index (κ2) is 3.71. The molecule has 2 aromatic rings. The molecule has 1 aliphatic rings. The van der Waals surface area contributed by atoms with Crippen LogP contribution in [0.2, 0.25) is 0 Å². The number of rotatable bonds is 0. The Balaban J connectivity index is 2.20. The Hall–Kier alpha value is -1.56. The summed E-state index contributed by atoms with van der Waals surface area (Å²) in [7, 11) is 0. The summed E-state index contributed by atoms with van der Waals surface area (Å²) in [5.41, 5.74) is 0.918. The van der Waals surface area contributed by atoms with Gasteiger partial charge in [-0.15, -0.1) is 0 Å². The highest BCUT2D eigenvalue weighted by Gasteiger charge is 2.31. The van der Waals surface area contributed by atoms with E-state index in [1.807, 2.05) is 11.5 Å². The fourth-order valence-corrected chi connectivity index (χ4v) is 2.45. The van der Waals surface area contributed by atoms with Crippen LogP contribution in [0.15, 0.2) is 18.3 Å². The molecular formula is C12H12F3N3. The van der Waals surface area contributed by atoms with Crippen LogP contribution in [-0.2, 0) is 12.7 Å². The lowest BCUT2D eigenvalue weighted by Gasteiger charge is -2.24. The van der Waals surface area contributed by atoms with E-state index in [9.17, 15) is 13.2 Å². The van der Waals surface area contributed by atoms with Gasteiger partial charge in [0.2, 0.25) is 0 Å². The lowest BCUT2D eigenvalue weighted by molar-refractivity contribution is -0.137. The van der Waals surface area contributed by atoms with E-state index in [1.165, 1.54) is 6.07 Å². The summed E-state index contributed by atoms with van der Waals surface area (Å²) in [4.78, 5) is 3.99. The molecule has 96 valence electrons. The van der Waals surface area contributed by atoms with E-state index in [-0.39, 0.29) is 6.04 Å². The molecule has 0 amide bonds. The molecule has 18 heavy (non-hydrogen) atoms. The number of hydrogen-bond donors (Lipinski definition) is 1. The van der Waals surface area contributed by atoms with E-state index in [1.54, 1.807) is 6.07 Å². The zero-order valence-electron chi connectivity index (χ0n) is 9.75. The molecule has 1 atom stereocenters. The normalized spacial score (nSPS) is 20.1. The molecule has 2 aromatic heterocycles. The van der Waals surface area contributed by atoms with Crippen molar-refractivity contribution in [2.75, 3.05) is 6.54 Å². The van der Waals surface area contributed by atoms with Crippen LogP contribution >= 0.6 is 0 Å². The quantitative estimate of drug-likeness (QED) is 0.784. The summed E-state index contributed by atoms with van der Waals surface area (Å²) in [6, 6.07) is 3.15.